The summed E-state index contributed by atoms with van der Waals surface area (Å²) in [5.41, 5.74) is 4.97. The van der Waals surface area contributed by atoms with E-state index >= 15 is 0 Å². The second-order valence-corrected chi connectivity index (χ2v) is 7.33. The van der Waals surface area contributed by atoms with Gasteiger partial charge in [0.1, 0.15) is 0 Å². The third kappa shape index (κ3) is 6.12. The fraction of sp³-hybridized carbons (Fsp3) is 0.435. The summed E-state index contributed by atoms with van der Waals surface area (Å²) in [6.45, 7) is 5.68. The molecule has 0 bridgehead atoms. The van der Waals surface area contributed by atoms with Crippen molar-refractivity contribution < 1.29 is 9.47 Å². The average Bonchev–Trinajstić information content (AvgIpc) is 2.71. The van der Waals surface area contributed by atoms with Gasteiger partial charge in [-0.3, -0.25) is 4.99 Å². The molecule has 0 aliphatic carbocycles. The van der Waals surface area contributed by atoms with E-state index in [0.717, 1.165) is 29.6 Å². The number of likely N-dealkylation sites (N-methyl/N-ethyl adjacent to an activating group) is 1. The van der Waals surface area contributed by atoms with E-state index in [1.54, 1.807) is 21.3 Å². The molecule has 0 spiro atoms. The van der Waals surface area contributed by atoms with Crippen molar-refractivity contribution in [2.45, 2.75) is 26.4 Å². The lowest BCUT2D eigenvalue weighted by atomic mass is 10.0. The Balaban J connectivity index is 2.04. The second-order valence-electron chi connectivity index (χ2n) is 7.33. The minimum Gasteiger partial charge on any atom is -0.493 e. The van der Waals surface area contributed by atoms with E-state index in [9.17, 15) is 0 Å². The van der Waals surface area contributed by atoms with Crippen LogP contribution in [0.2, 0.25) is 0 Å². The maximum Gasteiger partial charge on any atom is 0.191 e. The molecule has 1 unspecified atom stereocenters. The molecular weight excluding hydrogens is 364 g/mol. The maximum atomic E-state index is 5.46. The first-order valence-corrected chi connectivity index (χ1v) is 9.78. The van der Waals surface area contributed by atoms with Crippen LogP contribution in [0, 0.1) is 13.8 Å². The molecule has 0 aliphatic heterocycles. The number of ether oxygens (including phenoxy) is 2. The molecule has 0 fully saturated rings. The molecule has 0 amide bonds. The Labute approximate surface area is 174 Å². The SMILES string of the molecule is CN=C(NCc1ccc(C)cc1C)NCC(c1ccc(OC)c(OC)c1)N(C)C. The Morgan fingerprint density at radius 3 is 2.31 bits per heavy atom. The average molecular weight is 399 g/mol. The molecule has 2 rings (SSSR count). The molecule has 0 aromatic heterocycles. The number of methoxy groups -OCH3 is 2. The predicted octanol–water partition coefficient (Wildman–Crippen LogP) is 3.29. The van der Waals surface area contributed by atoms with Gasteiger partial charge in [0, 0.05) is 20.1 Å². The summed E-state index contributed by atoms with van der Waals surface area (Å²) in [5, 5.41) is 6.85. The number of rotatable bonds is 8. The summed E-state index contributed by atoms with van der Waals surface area (Å²) in [6, 6.07) is 12.7. The van der Waals surface area contributed by atoms with Crippen molar-refractivity contribution in [2.24, 2.45) is 4.99 Å². The highest BCUT2D eigenvalue weighted by atomic mass is 16.5. The van der Waals surface area contributed by atoms with Gasteiger partial charge in [-0.15, -0.1) is 0 Å². The van der Waals surface area contributed by atoms with Crippen LogP contribution in [-0.4, -0.2) is 52.8 Å². The minimum atomic E-state index is 0.148. The van der Waals surface area contributed by atoms with Crippen molar-refractivity contribution >= 4 is 5.96 Å². The quantitative estimate of drug-likeness (QED) is 0.528. The molecular formula is C23H34N4O2. The van der Waals surface area contributed by atoms with Crippen LogP contribution in [-0.2, 0) is 6.54 Å². The number of hydrogen-bond donors (Lipinski definition) is 2. The number of guanidine groups is 1. The Kier molecular flexibility index (Phi) is 8.34. The van der Waals surface area contributed by atoms with Crippen LogP contribution in [0.15, 0.2) is 41.4 Å². The van der Waals surface area contributed by atoms with Crippen LogP contribution < -0.4 is 20.1 Å². The number of aryl methyl sites for hydroxylation is 2. The lowest BCUT2D eigenvalue weighted by Gasteiger charge is -2.26. The largest absolute Gasteiger partial charge is 0.493 e. The Bertz CT molecular complexity index is 834. The van der Waals surface area contributed by atoms with Crippen LogP contribution in [0.3, 0.4) is 0 Å². The zero-order valence-corrected chi connectivity index (χ0v) is 18.7. The summed E-state index contributed by atoms with van der Waals surface area (Å²) >= 11 is 0. The van der Waals surface area contributed by atoms with Gasteiger partial charge in [-0.1, -0.05) is 29.8 Å². The van der Waals surface area contributed by atoms with Crippen molar-refractivity contribution in [3.05, 3.63) is 58.7 Å². The molecule has 6 nitrogen and oxygen atoms in total. The van der Waals surface area contributed by atoms with Gasteiger partial charge in [0.25, 0.3) is 0 Å². The van der Waals surface area contributed by atoms with Crippen molar-refractivity contribution in [2.75, 3.05) is 41.9 Å². The number of benzene rings is 2. The van der Waals surface area contributed by atoms with E-state index in [2.05, 4.69) is 72.7 Å². The first kappa shape index (κ1) is 22.6. The highest BCUT2D eigenvalue weighted by molar-refractivity contribution is 5.79. The van der Waals surface area contributed by atoms with Crippen LogP contribution in [0.4, 0.5) is 0 Å². The number of hydrogen-bond acceptors (Lipinski definition) is 4. The lowest BCUT2D eigenvalue weighted by Crippen LogP contribution is -2.41. The first-order chi connectivity index (χ1) is 13.9. The Hall–Kier alpha value is -2.73. The smallest absolute Gasteiger partial charge is 0.191 e. The van der Waals surface area contributed by atoms with Crippen molar-refractivity contribution in [1.82, 2.24) is 15.5 Å². The van der Waals surface area contributed by atoms with Gasteiger partial charge >= 0.3 is 0 Å². The zero-order valence-electron chi connectivity index (χ0n) is 18.7. The van der Waals surface area contributed by atoms with Gasteiger partial charge in [-0.25, -0.2) is 0 Å². The van der Waals surface area contributed by atoms with E-state index in [1.807, 2.05) is 12.1 Å². The van der Waals surface area contributed by atoms with Crippen LogP contribution in [0.5, 0.6) is 11.5 Å². The summed E-state index contributed by atoms with van der Waals surface area (Å²) in [5.74, 6) is 2.24. The van der Waals surface area contributed by atoms with E-state index in [1.165, 1.54) is 16.7 Å². The fourth-order valence-electron chi connectivity index (χ4n) is 3.30. The first-order valence-electron chi connectivity index (χ1n) is 9.78. The molecule has 0 heterocycles. The predicted molar refractivity (Wildman–Crippen MR) is 120 cm³/mol. The van der Waals surface area contributed by atoms with Gasteiger partial charge in [0.2, 0.25) is 0 Å². The van der Waals surface area contributed by atoms with Crippen molar-refractivity contribution in [3.8, 4) is 11.5 Å². The normalized spacial score (nSPS) is 12.6. The van der Waals surface area contributed by atoms with Gasteiger partial charge in [-0.05, 0) is 56.8 Å². The lowest BCUT2D eigenvalue weighted by molar-refractivity contribution is 0.295. The van der Waals surface area contributed by atoms with E-state index < -0.39 is 0 Å². The molecule has 0 aliphatic rings. The topological polar surface area (TPSA) is 58.1 Å². The highest BCUT2D eigenvalue weighted by Gasteiger charge is 2.17. The number of aliphatic imine (C=N–C) groups is 1. The van der Waals surface area contributed by atoms with Gasteiger partial charge in [0.05, 0.1) is 20.3 Å². The van der Waals surface area contributed by atoms with Crippen LogP contribution >= 0.6 is 0 Å². The molecule has 2 N–H and O–H groups in total. The monoisotopic (exact) mass is 398 g/mol. The van der Waals surface area contributed by atoms with E-state index in [-0.39, 0.29) is 6.04 Å². The molecule has 6 heteroatoms. The van der Waals surface area contributed by atoms with Gasteiger partial charge < -0.3 is 25.0 Å². The third-order valence-corrected chi connectivity index (χ3v) is 5.05. The summed E-state index contributed by atoms with van der Waals surface area (Å²) in [7, 11) is 9.22. The molecule has 2 aromatic rings. The molecule has 2 aromatic carbocycles. The zero-order chi connectivity index (χ0) is 21.4. The number of nitrogens with one attached hydrogen (secondary N) is 2. The van der Waals surface area contributed by atoms with Gasteiger partial charge in [0.15, 0.2) is 17.5 Å². The fourth-order valence-corrected chi connectivity index (χ4v) is 3.30. The van der Waals surface area contributed by atoms with E-state index in [0.29, 0.717) is 6.54 Å². The minimum absolute atomic E-state index is 0.148. The van der Waals surface area contributed by atoms with Crippen molar-refractivity contribution in [1.29, 1.82) is 0 Å². The molecule has 0 saturated heterocycles. The third-order valence-electron chi connectivity index (χ3n) is 5.05. The Morgan fingerprint density at radius 2 is 1.72 bits per heavy atom. The maximum absolute atomic E-state index is 5.46. The summed E-state index contributed by atoms with van der Waals surface area (Å²) in [4.78, 5) is 6.54. The van der Waals surface area contributed by atoms with E-state index in [4.69, 9.17) is 9.47 Å². The van der Waals surface area contributed by atoms with Crippen LogP contribution in [0.25, 0.3) is 0 Å². The standard InChI is InChI=1S/C23H34N4O2/c1-16-8-9-19(17(2)12-16)14-25-23(24-3)26-15-20(27(4)5)18-10-11-21(28-6)22(13-18)29-7/h8-13,20H,14-15H2,1-7H3,(H2,24,25,26). The Morgan fingerprint density at radius 1 is 1.00 bits per heavy atom. The molecule has 0 saturated carbocycles. The second kappa shape index (κ2) is 10.7. The summed E-state index contributed by atoms with van der Waals surface area (Å²) in [6.07, 6.45) is 0. The molecule has 29 heavy (non-hydrogen) atoms. The van der Waals surface area contributed by atoms with Crippen LogP contribution in [0.1, 0.15) is 28.3 Å². The van der Waals surface area contributed by atoms with Crippen molar-refractivity contribution in [3.63, 3.8) is 0 Å². The summed E-state index contributed by atoms with van der Waals surface area (Å²) < 4.78 is 10.8. The highest BCUT2D eigenvalue weighted by Crippen LogP contribution is 2.31. The molecule has 158 valence electrons. The molecule has 1 atom stereocenters. The van der Waals surface area contributed by atoms with Gasteiger partial charge in [-0.2, -0.15) is 0 Å². The number of nitrogens with zero attached hydrogens (tertiary/aromatic N) is 2. The molecule has 0 radical (unpaired) electrons.